The molecular formula is C26H32F6N4O3. The molecule has 0 saturated carbocycles. The zero-order valence-corrected chi connectivity index (χ0v) is 21.7. The third kappa shape index (κ3) is 5.38. The highest BCUT2D eigenvalue weighted by Gasteiger charge is 2.60. The first-order chi connectivity index (χ1) is 18.2. The minimum atomic E-state index is -5.73. The molecule has 7 nitrogen and oxygen atoms in total. The lowest BCUT2D eigenvalue weighted by Crippen LogP contribution is -2.64. The number of alkyl halides is 6. The van der Waals surface area contributed by atoms with Gasteiger partial charge in [-0.2, -0.15) is 26.3 Å². The Morgan fingerprint density at radius 3 is 2.05 bits per heavy atom. The first kappa shape index (κ1) is 27.9. The second-order valence-corrected chi connectivity index (χ2v) is 11.4. The summed E-state index contributed by atoms with van der Waals surface area (Å²) in [4.78, 5) is 31.3. The van der Waals surface area contributed by atoms with Crippen LogP contribution in [0.3, 0.4) is 0 Å². The van der Waals surface area contributed by atoms with Gasteiger partial charge in [0.1, 0.15) is 0 Å². The molecule has 4 saturated heterocycles. The van der Waals surface area contributed by atoms with E-state index in [2.05, 4.69) is 26.7 Å². The molecule has 39 heavy (non-hydrogen) atoms. The summed E-state index contributed by atoms with van der Waals surface area (Å²) < 4.78 is 80.7. The fourth-order valence-corrected chi connectivity index (χ4v) is 6.54. The molecule has 4 fully saturated rings. The highest BCUT2D eigenvalue weighted by atomic mass is 19.4. The number of anilines is 1. The maximum absolute atomic E-state index is 12.8. The maximum Gasteiger partial charge on any atom is 0.434 e. The van der Waals surface area contributed by atoms with E-state index in [4.69, 9.17) is 0 Å². The van der Waals surface area contributed by atoms with Gasteiger partial charge in [0, 0.05) is 75.9 Å². The average molecular weight is 563 g/mol. The van der Waals surface area contributed by atoms with Crippen molar-refractivity contribution in [1.29, 1.82) is 0 Å². The van der Waals surface area contributed by atoms with Crippen molar-refractivity contribution in [2.24, 2.45) is 5.41 Å². The van der Waals surface area contributed by atoms with Crippen LogP contribution in [0, 0.1) is 5.41 Å². The van der Waals surface area contributed by atoms with Crippen LogP contribution in [0.5, 0.6) is 0 Å². The number of rotatable bonds is 4. The number of hydrogen-bond acceptors (Lipinski definition) is 5. The second-order valence-electron chi connectivity index (χ2n) is 11.4. The maximum atomic E-state index is 12.8. The number of likely N-dealkylation sites (tertiary alicyclic amines) is 3. The first-order valence-corrected chi connectivity index (χ1v) is 13.1. The van der Waals surface area contributed by atoms with E-state index in [0.717, 1.165) is 61.7 Å². The zero-order chi connectivity index (χ0) is 28.2. The van der Waals surface area contributed by atoms with Crippen LogP contribution in [0.4, 0.5) is 36.8 Å². The number of halogens is 6. The minimum Gasteiger partial charge on any atom is -0.426 e. The van der Waals surface area contributed by atoms with Gasteiger partial charge in [0.25, 0.3) is 6.10 Å². The normalized spacial score (nSPS) is 22.8. The number of benzene rings is 1. The van der Waals surface area contributed by atoms with E-state index in [1.54, 1.807) is 6.92 Å². The van der Waals surface area contributed by atoms with Crippen LogP contribution < -0.4 is 4.90 Å². The van der Waals surface area contributed by atoms with Gasteiger partial charge in [0.15, 0.2) is 0 Å². The van der Waals surface area contributed by atoms with Crippen molar-refractivity contribution in [3.63, 3.8) is 0 Å². The third-order valence-electron chi connectivity index (χ3n) is 8.91. The fourth-order valence-electron chi connectivity index (χ4n) is 6.54. The molecule has 5 rings (SSSR count). The van der Waals surface area contributed by atoms with Crippen molar-refractivity contribution in [2.75, 3.05) is 50.7 Å². The van der Waals surface area contributed by atoms with Gasteiger partial charge in [-0.25, -0.2) is 4.79 Å². The summed E-state index contributed by atoms with van der Waals surface area (Å²) >= 11 is 0. The van der Waals surface area contributed by atoms with Crippen LogP contribution in [-0.4, -0.2) is 96.5 Å². The Kier molecular flexibility index (Phi) is 6.96. The molecule has 0 atom stereocenters. The Morgan fingerprint density at radius 2 is 1.49 bits per heavy atom. The topological polar surface area (TPSA) is 56.3 Å². The van der Waals surface area contributed by atoms with E-state index in [1.807, 2.05) is 17.0 Å². The average Bonchev–Trinajstić information content (AvgIpc) is 3.29. The van der Waals surface area contributed by atoms with Gasteiger partial charge in [-0.05, 0) is 37.3 Å². The fraction of sp³-hybridized carbons (Fsp3) is 0.692. The molecule has 2 amide bonds. The second kappa shape index (κ2) is 9.74. The lowest BCUT2D eigenvalue weighted by atomic mass is 9.76. The van der Waals surface area contributed by atoms with Gasteiger partial charge in [0.05, 0.1) is 0 Å². The van der Waals surface area contributed by atoms with Gasteiger partial charge < -0.3 is 19.4 Å². The molecule has 0 radical (unpaired) electrons. The Hall–Kier alpha value is -2.70. The highest BCUT2D eigenvalue weighted by molar-refractivity contribution is 5.74. The van der Waals surface area contributed by atoms with E-state index in [1.165, 1.54) is 0 Å². The van der Waals surface area contributed by atoms with Crippen molar-refractivity contribution in [3.05, 3.63) is 29.8 Å². The Bertz CT molecular complexity index is 1080. The van der Waals surface area contributed by atoms with E-state index < -0.39 is 24.5 Å². The highest BCUT2D eigenvalue weighted by Crippen LogP contribution is 2.45. The van der Waals surface area contributed by atoms with Gasteiger partial charge in [0.2, 0.25) is 5.91 Å². The number of ether oxygens (including phenoxy) is 1. The molecule has 0 aromatic heterocycles. The quantitative estimate of drug-likeness (QED) is 0.509. The van der Waals surface area contributed by atoms with Crippen molar-refractivity contribution in [3.8, 4) is 0 Å². The molecule has 0 unspecified atom stereocenters. The van der Waals surface area contributed by atoms with E-state index >= 15 is 0 Å². The number of carbonyl (C=O) groups excluding carboxylic acids is 2. The first-order valence-electron chi connectivity index (χ1n) is 13.1. The van der Waals surface area contributed by atoms with E-state index in [-0.39, 0.29) is 30.0 Å². The monoisotopic (exact) mass is 562 g/mol. The zero-order valence-electron chi connectivity index (χ0n) is 21.7. The molecule has 13 heteroatoms. The van der Waals surface area contributed by atoms with Crippen LogP contribution >= 0.6 is 0 Å². The number of amides is 2. The molecule has 0 bridgehead atoms. The number of hydrogen-bond donors (Lipinski definition) is 0. The summed E-state index contributed by atoms with van der Waals surface area (Å²) in [6.07, 6.45) is -14.4. The van der Waals surface area contributed by atoms with E-state index in [0.29, 0.717) is 19.4 Å². The SMILES string of the molecule is CC(=O)N1CC2(CCN(c3ccccc3CN3CCC34CCN(C(=O)OC(C(F)(F)F)C(F)(F)F)CC4)C2)C1. The predicted octanol–water partition coefficient (Wildman–Crippen LogP) is 4.42. The molecule has 1 aromatic rings. The molecular weight excluding hydrogens is 530 g/mol. The molecule has 4 heterocycles. The van der Waals surface area contributed by atoms with E-state index in [9.17, 15) is 35.9 Å². The molecule has 216 valence electrons. The smallest absolute Gasteiger partial charge is 0.426 e. The van der Waals surface area contributed by atoms with Gasteiger partial charge in [-0.1, -0.05) is 18.2 Å². The van der Waals surface area contributed by atoms with Crippen molar-refractivity contribution in [1.82, 2.24) is 14.7 Å². The van der Waals surface area contributed by atoms with Crippen LogP contribution in [0.15, 0.2) is 24.3 Å². The largest absolute Gasteiger partial charge is 0.434 e. The van der Waals surface area contributed by atoms with Crippen LogP contribution in [-0.2, 0) is 16.1 Å². The summed E-state index contributed by atoms with van der Waals surface area (Å²) in [5, 5.41) is 0. The summed E-state index contributed by atoms with van der Waals surface area (Å²) in [6, 6.07) is 8.15. The molecule has 0 aliphatic carbocycles. The standard InChI is InChI=1S/C26H32F6N4O3/c1-18(37)35-16-23(17-35)6-10-34(15-23)20-5-3-2-4-19(20)14-36-13-9-24(36)7-11-33(12-8-24)22(38)39-21(25(27,28)29)26(30,31)32/h2-5,21H,6-17H2,1H3. The molecule has 1 aromatic carbocycles. The van der Waals surface area contributed by atoms with Crippen LogP contribution in [0.2, 0.25) is 0 Å². The lowest BCUT2D eigenvalue weighted by molar-refractivity contribution is -0.308. The number of carbonyl (C=O) groups is 2. The van der Waals surface area contributed by atoms with Crippen LogP contribution in [0.1, 0.15) is 38.2 Å². The molecule has 0 N–H and O–H groups in total. The predicted molar refractivity (Wildman–Crippen MR) is 129 cm³/mol. The Labute approximate surface area is 222 Å². The summed E-state index contributed by atoms with van der Waals surface area (Å²) in [6.45, 7) is 6.47. The Balaban J connectivity index is 1.19. The summed E-state index contributed by atoms with van der Waals surface area (Å²) in [5.74, 6) is 0.0994. The van der Waals surface area contributed by atoms with Crippen molar-refractivity contribution < 1.29 is 40.7 Å². The molecule has 2 spiro atoms. The summed E-state index contributed by atoms with van der Waals surface area (Å²) in [7, 11) is 0. The van der Waals surface area contributed by atoms with Gasteiger partial charge >= 0.3 is 18.4 Å². The third-order valence-corrected chi connectivity index (χ3v) is 8.91. The Morgan fingerprint density at radius 1 is 0.872 bits per heavy atom. The lowest BCUT2D eigenvalue weighted by Gasteiger charge is -2.56. The minimum absolute atomic E-state index is 0.0285. The van der Waals surface area contributed by atoms with Gasteiger partial charge in [-0.15, -0.1) is 0 Å². The molecule has 4 aliphatic rings. The number of piperidine rings is 1. The van der Waals surface area contributed by atoms with Gasteiger partial charge in [-0.3, -0.25) is 9.69 Å². The van der Waals surface area contributed by atoms with Crippen molar-refractivity contribution >= 4 is 17.7 Å². The van der Waals surface area contributed by atoms with Crippen molar-refractivity contribution in [2.45, 2.75) is 63.1 Å². The summed E-state index contributed by atoms with van der Waals surface area (Å²) in [5.41, 5.74) is 2.18. The molecule has 4 aliphatic heterocycles. The number of para-hydroxylation sites is 1. The van der Waals surface area contributed by atoms with Crippen LogP contribution in [0.25, 0.3) is 0 Å². The number of nitrogens with zero attached hydrogens (tertiary/aromatic N) is 4.